The van der Waals surface area contributed by atoms with Crippen molar-refractivity contribution in [2.24, 2.45) is 0 Å². The van der Waals surface area contributed by atoms with Crippen molar-refractivity contribution in [2.45, 2.75) is 18.9 Å². The Balaban J connectivity index is 2.11. The highest BCUT2D eigenvalue weighted by Gasteiger charge is 2.37. The van der Waals surface area contributed by atoms with E-state index in [1.54, 1.807) is 17.0 Å². The third-order valence-corrected chi connectivity index (χ3v) is 3.23. The Labute approximate surface area is 93.2 Å². The molecule has 4 nitrogen and oxygen atoms in total. The average Bonchev–Trinajstić information content (AvgIpc) is 2.74. The second-order valence-electron chi connectivity index (χ2n) is 4.19. The van der Waals surface area contributed by atoms with Gasteiger partial charge in [0.15, 0.2) is 0 Å². The second-order valence-corrected chi connectivity index (χ2v) is 4.19. The lowest BCUT2D eigenvalue weighted by atomic mass is 10.1. The Morgan fingerprint density at radius 3 is 2.94 bits per heavy atom. The van der Waals surface area contributed by atoms with E-state index >= 15 is 0 Å². The van der Waals surface area contributed by atoms with E-state index < -0.39 is 0 Å². The number of para-hydroxylation sites is 1. The summed E-state index contributed by atoms with van der Waals surface area (Å²) in [6, 6.07) is 6.90. The molecule has 1 atom stereocenters. The molecule has 0 saturated carbocycles. The molecule has 0 aromatic heterocycles. The topological polar surface area (TPSA) is 49.4 Å². The van der Waals surface area contributed by atoms with Gasteiger partial charge in [-0.1, -0.05) is 12.1 Å². The van der Waals surface area contributed by atoms with E-state index in [-0.39, 0.29) is 17.9 Å². The summed E-state index contributed by atoms with van der Waals surface area (Å²) < 4.78 is 0. The highest BCUT2D eigenvalue weighted by atomic mass is 16.2. The lowest BCUT2D eigenvalue weighted by Crippen LogP contribution is -2.40. The summed E-state index contributed by atoms with van der Waals surface area (Å²) >= 11 is 0. The number of fused-ring (bicyclic) bond motifs is 2. The van der Waals surface area contributed by atoms with Crippen LogP contribution in [-0.4, -0.2) is 29.3 Å². The fourth-order valence-corrected chi connectivity index (χ4v) is 2.43. The van der Waals surface area contributed by atoms with Gasteiger partial charge in [0, 0.05) is 6.54 Å². The van der Waals surface area contributed by atoms with Crippen LogP contribution in [0.2, 0.25) is 0 Å². The van der Waals surface area contributed by atoms with Crippen LogP contribution in [-0.2, 0) is 4.79 Å². The van der Waals surface area contributed by atoms with E-state index in [1.165, 1.54) is 0 Å². The number of carbonyl (C=O) groups excluding carboxylic acids is 2. The molecule has 1 saturated heterocycles. The van der Waals surface area contributed by atoms with E-state index in [1.807, 2.05) is 12.1 Å². The van der Waals surface area contributed by atoms with Gasteiger partial charge >= 0.3 is 0 Å². The van der Waals surface area contributed by atoms with Gasteiger partial charge in [0.05, 0.1) is 11.3 Å². The standard InChI is InChI=1S/C12H12N2O2/c15-11-10-6-3-7-14(10)12(16)8-4-1-2-5-9(8)13-11/h1-2,4-5,10H,3,6-7H2,(H,13,15)/t10-/m1/s1. The van der Waals surface area contributed by atoms with Crippen molar-refractivity contribution in [1.82, 2.24) is 4.90 Å². The van der Waals surface area contributed by atoms with Gasteiger partial charge in [0.1, 0.15) is 6.04 Å². The molecule has 0 unspecified atom stereocenters. The maximum atomic E-state index is 12.2. The number of rotatable bonds is 0. The Hall–Kier alpha value is -1.84. The van der Waals surface area contributed by atoms with Crippen molar-refractivity contribution in [3.63, 3.8) is 0 Å². The van der Waals surface area contributed by atoms with E-state index in [0.717, 1.165) is 12.8 Å². The maximum Gasteiger partial charge on any atom is 0.256 e. The predicted molar refractivity (Wildman–Crippen MR) is 59.1 cm³/mol. The van der Waals surface area contributed by atoms with Crippen LogP contribution in [0.3, 0.4) is 0 Å². The minimum Gasteiger partial charge on any atom is -0.327 e. The number of hydrogen-bond donors (Lipinski definition) is 1. The summed E-state index contributed by atoms with van der Waals surface area (Å²) in [6.45, 7) is 0.686. The first-order valence-corrected chi connectivity index (χ1v) is 5.48. The van der Waals surface area contributed by atoms with E-state index in [0.29, 0.717) is 17.8 Å². The third-order valence-electron chi connectivity index (χ3n) is 3.23. The minimum atomic E-state index is -0.278. The molecule has 2 heterocycles. The quantitative estimate of drug-likeness (QED) is 0.709. The molecular formula is C12H12N2O2. The van der Waals surface area contributed by atoms with E-state index in [9.17, 15) is 9.59 Å². The van der Waals surface area contributed by atoms with Crippen LogP contribution >= 0.6 is 0 Å². The van der Waals surface area contributed by atoms with E-state index in [4.69, 9.17) is 0 Å². The zero-order valence-corrected chi connectivity index (χ0v) is 8.77. The number of hydrogen-bond acceptors (Lipinski definition) is 2. The number of nitrogens with one attached hydrogen (secondary N) is 1. The Morgan fingerprint density at radius 2 is 2.06 bits per heavy atom. The molecule has 0 spiro atoms. The molecule has 0 radical (unpaired) electrons. The lowest BCUT2D eigenvalue weighted by Gasteiger charge is -2.19. The van der Waals surface area contributed by atoms with Crippen LogP contribution in [0.15, 0.2) is 24.3 Å². The van der Waals surface area contributed by atoms with Crippen molar-refractivity contribution in [2.75, 3.05) is 11.9 Å². The molecule has 1 aromatic rings. The van der Waals surface area contributed by atoms with E-state index in [2.05, 4.69) is 5.32 Å². The van der Waals surface area contributed by atoms with Gasteiger partial charge < -0.3 is 10.2 Å². The van der Waals surface area contributed by atoms with Crippen molar-refractivity contribution in [3.05, 3.63) is 29.8 Å². The zero-order chi connectivity index (χ0) is 11.1. The number of anilines is 1. The number of carbonyl (C=O) groups is 2. The second kappa shape index (κ2) is 3.33. The molecule has 2 aliphatic heterocycles. The first kappa shape index (κ1) is 9.39. The van der Waals surface area contributed by atoms with Crippen LogP contribution < -0.4 is 5.32 Å². The Bertz CT molecular complexity index is 470. The number of benzene rings is 1. The molecule has 1 aromatic carbocycles. The summed E-state index contributed by atoms with van der Waals surface area (Å²) in [5.41, 5.74) is 1.23. The van der Waals surface area contributed by atoms with Crippen LogP contribution in [0, 0.1) is 0 Å². The normalized spacial score (nSPS) is 23.5. The molecule has 2 amide bonds. The largest absolute Gasteiger partial charge is 0.327 e. The highest BCUT2D eigenvalue weighted by molar-refractivity contribution is 6.10. The van der Waals surface area contributed by atoms with Crippen molar-refractivity contribution < 1.29 is 9.59 Å². The summed E-state index contributed by atoms with van der Waals surface area (Å²) in [4.78, 5) is 25.8. The monoisotopic (exact) mass is 216 g/mol. The summed E-state index contributed by atoms with van der Waals surface area (Å²) in [5, 5.41) is 2.82. The molecule has 2 aliphatic rings. The van der Waals surface area contributed by atoms with Crippen LogP contribution in [0.4, 0.5) is 5.69 Å². The molecule has 1 fully saturated rings. The first-order chi connectivity index (χ1) is 7.77. The number of nitrogens with zero attached hydrogens (tertiary/aromatic N) is 1. The van der Waals surface area contributed by atoms with Crippen LogP contribution in [0.5, 0.6) is 0 Å². The van der Waals surface area contributed by atoms with Gasteiger partial charge in [-0.05, 0) is 25.0 Å². The minimum absolute atomic E-state index is 0.0311. The van der Waals surface area contributed by atoms with Crippen molar-refractivity contribution in [3.8, 4) is 0 Å². The maximum absolute atomic E-state index is 12.2. The zero-order valence-electron chi connectivity index (χ0n) is 8.77. The highest BCUT2D eigenvalue weighted by Crippen LogP contribution is 2.28. The Kier molecular flexibility index (Phi) is 1.96. The predicted octanol–water partition coefficient (Wildman–Crippen LogP) is 1.24. The first-order valence-electron chi connectivity index (χ1n) is 5.48. The van der Waals surface area contributed by atoms with Gasteiger partial charge in [-0.15, -0.1) is 0 Å². The molecule has 1 N–H and O–H groups in total. The fourth-order valence-electron chi connectivity index (χ4n) is 2.43. The summed E-state index contributed by atoms with van der Waals surface area (Å²) in [7, 11) is 0. The summed E-state index contributed by atoms with van der Waals surface area (Å²) in [6.07, 6.45) is 1.68. The van der Waals surface area contributed by atoms with Gasteiger partial charge in [-0.2, -0.15) is 0 Å². The molecule has 4 heteroatoms. The SMILES string of the molecule is O=C1Nc2ccccc2C(=O)N2CCC[C@H]12. The third kappa shape index (κ3) is 1.23. The molecule has 0 bridgehead atoms. The smallest absolute Gasteiger partial charge is 0.256 e. The molecular weight excluding hydrogens is 204 g/mol. The Morgan fingerprint density at radius 1 is 1.25 bits per heavy atom. The van der Waals surface area contributed by atoms with Crippen LogP contribution in [0.25, 0.3) is 0 Å². The fraction of sp³-hybridized carbons (Fsp3) is 0.333. The molecule has 3 rings (SSSR count). The molecule has 82 valence electrons. The molecule has 16 heavy (non-hydrogen) atoms. The lowest BCUT2D eigenvalue weighted by molar-refractivity contribution is -0.119. The van der Waals surface area contributed by atoms with Crippen molar-refractivity contribution in [1.29, 1.82) is 0 Å². The molecule has 0 aliphatic carbocycles. The van der Waals surface area contributed by atoms with Gasteiger partial charge in [0.25, 0.3) is 5.91 Å². The van der Waals surface area contributed by atoms with Gasteiger partial charge in [-0.25, -0.2) is 0 Å². The van der Waals surface area contributed by atoms with Crippen molar-refractivity contribution >= 4 is 17.5 Å². The average molecular weight is 216 g/mol. The number of amides is 2. The van der Waals surface area contributed by atoms with Crippen LogP contribution in [0.1, 0.15) is 23.2 Å². The summed E-state index contributed by atoms with van der Waals surface area (Å²) in [5.74, 6) is -0.0905. The van der Waals surface area contributed by atoms with Gasteiger partial charge in [0.2, 0.25) is 5.91 Å². The van der Waals surface area contributed by atoms with Gasteiger partial charge in [-0.3, -0.25) is 9.59 Å².